The lowest BCUT2D eigenvalue weighted by Gasteiger charge is -2.14. The summed E-state index contributed by atoms with van der Waals surface area (Å²) in [6.07, 6.45) is 0. The van der Waals surface area contributed by atoms with Crippen molar-refractivity contribution in [3.63, 3.8) is 0 Å². The summed E-state index contributed by atoms with van der Waals surface area (Å²) in [5.74, 6) is 2.91. The van der Waals surface area contributed by atoms with Gasteiger partial charge < -0.3 is 10.1 Å². The standard InChI is InChI=1S/C16H21N3O/c1-10(2)13-8-12(6-7-15(13)20-5)14-9-16(17-4)19-11(3)18-14/h6-10H,1-5H3,(H,17,18,19). The first kappa shape index (κ1) is 14.3. The first-order chi connectivity index (χ1) is 9.55. The first-order valence-corrected chi connectivity index (χ1v) is 6.77. The van der Waals surface area contributed by atoms with Crippen LogP contribution in [0.3, 0.4) is 0 Å². The van der Waals surface area contributed by atoms with Gasteiger partial charge in [0.1, 0.15) is 17.4 Å². The first-order valence-electron chi connectivity index (χ1n) is 6.77. The van der Waals surface area contributed by atoms with Crippen LogP contribution in [0.1, 0.15) is 31.2 Å². The predicted octanol–water partition coefficient (Wildman–Crippen LogP) is 3.63. The zero-order valence-electron chi connectivity index (χ0n) is 12.7. The van der Waals surface area contributed by atoms with Crippen LogP contribution in [0.2, 0.25) is 0 Å². The summed E-state index contributed by atoms with van der Waals surface area (Å²) in [4.78, 5) is 8.84. The van der Waals surface area contributed by atoms with Gasteiger partial charge in [0.25, 0.3) is 0 Å². The molecule has 0 atom stereocenters. The van der Waals surface area contributed by atoms with Gasteiger partial charge in [-0.05, 0) is 36.6 Å². The molecule has 0 saturated carbocycles. The SMILES string of the molecule is CNc1cc(-c2ccc(OC)c(C(C)C)c2)nc(C)n1. The van der Waals surface area contributed by atoms with E-state index in [4.69, 9.17) is 4.74 Å². The number of aryl methyl sites for hydroxylation is 1. The molecule has 1 aromatic heterocycles. The Kier molecular flexibility index (Phi) is 4.23. The Labute approximate surface area is 120 Å². The highest BCUT2D eigenvalue weighted by molar-refractivity contribution is 5.65. The largest absolute Gasteiger partial charge is 0.496 e. The molecule has 0 amide bonds. The van der Waals surface area contributed by atoms with Crippen molar-refractivity contribution in [2.24, 2.45) is 0 Å². The van der Waals surface area contributed by atoms with Crippen LogP contribution < -0.4 is 10.1 Å². The fraction of sp³-hybridized carbons (Fsp3) is 0.375. The zero-order valence-corrected chi connectivity index (χ0v) is 12.7. The Bertz CT molecular complexity index is 609. The van der Waals surface area contributed by atoms with Crippen molar-refractivity contribution >= 4 is 5.82 Å². The Morgan fingerprint density at radius 3 is 2.50 bits per heavy atom. The predicted molar refractivity (Wildman–Crippen MR) is 82.4 cm³/mol. The maximum atomic E-state index is 5.42. The molecule has 4 nitrogen and oxygen atoms in total. The second-order valence-corrected chi connectivity index (χ2v) is 5.05. The summed E-state index contributed by atoms with van der Waals surface area (Å²) in [5.41, 5.74) is 3.19. The zero-order chi connectivity index (χ0) is 14.7. The number of ether oxygens (including phenoxy) is 1. The van der Waals surface area contributed by atoms with E-state index in [1.54, 1.807) is 7.11 Å². The van der Waals surface area contributed by atoms with Crippen molar-refractivity contribution < 1.29 is 4.74 Å². The van der Waals surface area contributed by atoms with Crippen molar-refractivity contribution in [3.05, 3.63) is 35.7 Å². The summed E-state index contributed by atoms with van der Waals surface area (Å²) in [5, 5.41) is 3.06. The monoisotopic (exact) mass is 271 g/mol. The molecule has 0 aliphatic carbocycles. The van der Waals surface area contributed by atoms with Gasteiger partial charge in [0.05, 0.1) is 12.8 Å². The van der Waals surface area contributed by atoms with E-state index < -0.39 is 0 Å². The number of rotatable bonds is 4. The summed E-state index contributed by atoms with van der Waals surface area (Å²) in [6, 6.07) is 8.14. The number of anilines is 1. The lowest BCUT2D eigenvalue weighted by molar-refractivity contribution is 0.407. The Hall–Kier alpha value is -2.10. The van der Waals surface area contributed by atoms with Gasteiger partial charge in [0.15, 0.2) is 0 Å². The molecular weight excluding hydrogens is 250 g/mol. The van der Waals surface area contributed by atoms with E-state index in [1.807, 2.05) is 32.2 Å². The minimum Gasteiger partial charge on any atom is -0.496 e. The van der Waals surface area contributed by atoms with Crippen LogP contribution in [-0.4, -0.2) is 24.1 Å². The smallest absolute Gasteiger partial charge is 0.130 e. The molecule has 106 valence electrons. The molecule has 0 unspecified atom stereocenters. The van der Waals surface area contributed by atoms with E-state index in [9.17, 15) is 0 Å². The molecule has 1 aromatic carbocycles. The summed E-state index contributed by atoms with van der Waals surface area (Å²) >= 11 is 0. The lowest BCUT2D eigenvalue weighted by atomic mass is 9.98. The summed E-state index contributed by atoms with van der Waals surface area (Å²) in [7, 11) is 3.56. The van der Waals surface area contributed by atoms with Crippen LogP contribution in [0.5, 0.6) is 5.75 Å². The number of methoxy groups -OCH3 is 1. The fourth-order valence-corrected chi connectivity index (χ4v) is 2.19. The maximum absolute atomic E-state index is 5.42. The van der Waals surface area contributed by atoms with E-state index in [0.717, 1.165) is 28.6 Å². The van der Waals surface area contributed by atoms with Crippen molar-refractivity contribution in [2.45, 2.75) is 26.7 Å². The van der Waals surface area contributed by atoms with E-state index in [1.165, 1.54) is 5.56 Å². The maximum Gasteiger partial charge on any atom is 0.130 e. The van der Waals surface area contributed by atoms with Crippen LogP contribution in [0.25, 0.3) is 11.3 Å². The molecule has 0 aliphatic heterocycles. The average molecular weight is 271 g/mol. The van der Waals surface area contributed by atoms with Crippen LogP contribution in [0.15, 0.2) is 24.3 Å². The lowest BCUT2D eigenvalue weighted by Crippen LogP contribution is -1.99. The summed E-state index contributed by atoms with van der Waals surface area (Å²) < 4.78 is 5.42. The number of nitrogens with one attached hydrogen (secondary N) is 1. The molecule has 0 saturated heterocycles. The third kappa shape index (κ3) is 2.90. The number of hydrogen-bond donors (Lipinski definition) is 1. The molecular formula is C16H21N3O. The normalized spacial score (nSPS) is 10.7. The van der Waals surface area contributed by atoms with Crippen LogP contribution in [0.4, 0.5) is 5.82 Å². The van der Waals surface area contributed by atoms with Crippen molar-refractivity contribution in [3.8, 4) is 17.0 Å². The van der Waals surface area contributed by atoms with Crippen LogP contribution in [0, 0.1) is 6.92 Å². The molecule has 2 rings (SSSR count). The molecule has 0 bridgehead atoms. The minimum absolute atomic E-state index is 0.400. The van der Waals surface area contributed by atoms with Gasteiger partial charge in [-0.3, -0.25) is 0 Å². The third-order valence-electron chi connectivity index (χ3n) is 3.24. The van der Waals surface area contributed by atoms with E-state index in [0.29, 0.717) is 5.92 Å². The van der Waals surface area contributed by atoms with Gasteiger partial charge in [-0.2, -0.15) is 0 Å². The fourth-order valence-electron chi connectivity index (χ4n) is 2.19. The Balaban J connectivity index is 2.53. The number of benzene rings is 1. The second-order valence-electron chi connectivity index (χ2n) is 5.05. The molecule has 1 N–H and O–H groups in total. The molecule has 0 fully saturated rings. The van der Waals surface area contributed by atoms with Gasteiger partial charge in [-0.25, -0.2) is 9.97 Å². The average Bonchev–Trinajstić information content (AvgIpc) is 2.45. The highest BCUT2D eigenvalue weighted by Crippen LogP contribution is 2.31. The minimum atomic E-state index is 0.400. The molecule has 20 heavy (non-hydrogen) atoms. The third-order valence-corrected chi connectivity index (χ3v) is 3.24. The Morgan fingerprint density at radius 1 is 1.15 bits per heavy atom. The van der Waals surface area contributed by atoms with Gasteiger partial charge in [0, 0.05) is 18.7 Å². The second kappa shape index (κ2) is 5.90. The molecule has 2 aromatic rings. The molecule has 0 radical (unpaired) electrons. The molecule has 0 spiro atoms. The molecule has 4 heteroatoms. The quantitative estimate of drug-likeness (QED) is 0.922. The molecule has 0 aliphatic rings. The van der Waals surface area contributed by atoms with Crippen molar-refractivity contribution in [2.75, 3.05) is 19.5 Å². The highest BCUT2D eigenvalue weighted by atomic mass is 16.5. The summed E-state index contributed by atoms with van der Waals surface area (Å²) in [6.45, 7) is 6.22. The topological polar surface area (TPSA) is 47.0 Å². The van der Waals surface area contributed by atoms with E-state index in [2.05, 4.69) is 35.2 Å². The number of aromatic nitrogens is 2. The van der Waals surface area contributed by atoms with Gasteiger partial charge >= 0.3 is 0 Å². The van der Waals surface area contributed by atoms with Crippen LogP contribution in [-0.2, 0) is 0 Å². The van der Waals surface area contributed by atoms with Crippen LogP contribution >= 0.6 is 0 Å². The van der Waals surface area contributed by atoms with Crippen molar-refractivity contribution in [1.82, 2.24) is 9.97 Å². The molecule has 1 heterocycles. The van der Waals surface area contributed by atoms with Crippen molar-refractivity contribution in [1.29, 1.82) is 0 Å². The highest BCUT2D eigenvalue weighted by Gasteiger charge is 2.11. The Morgan fingerprint density at radius 2 is 1.90 bits per heavy atom. The van der Waals surface area contributed by atoms with E-state index >= 15 is 0 Å². The van der Waals surface area contributed by atoms with E-state index in [-0.39, 0.29) is 0 Å². The number of nitrogens with zero attached hydrogens (tertiary/aromatic N) is 2. The van der Waals surface area contributed by atoms with Gasteiger partial charge in [0.2, 0.25) is 0 Å². The van der Waals surface area contributed by atoms with Gasteiger partial charge in [-0.15, -0.1) is 0 Å². The number of hydrogen-bond acceptors (Lipinski definition) is 4. The van der Waals surface area contributed by atoms with Gasteiger partial charge in [-0.1, -0.05) is 13.8 Å².